The third-order valence-corrected chi connectivity index (χ3v) is 8.13. The number of benzene rings is 3. The summed E-state index contributed by atoms with van der Waals surface area (Å²) in [6, 6.07) is 16.7. The van der Waals surface area contributed by atoms with Gasteiger partial charge in [-0.2, -0.15) is 11.8 Å². The number of halogens is 2. The van der Waals surface area contributed by atoms with Crippen LogP contribution in [0.25, 0.3) is 21.3 Å². The summed E-state index contributed by atoms with van der Waals surface area (Å²) in [5, 5.41) is 12.5. The van der Waals surface area contributed by atoms with Gasteiger partial charge in [0.2, 0.25) is 0 Å². The Kier molecular flexibility index (Phi) is 6.88. The topological polar surface area (TPSA) is 88.5 Å². The van der Waals surface area contributed by atoms with E-state index in [1.165, 1.54) is 17.8 Å². The minimum absolute atomic E-state index is 0.0479. The van der Waals surface area contributed by atoms with Gasteiger partial charge in [0.15, 0.2) is 5.82 Å². The maximum atomic E-state index is 13.9. The number of nitrogens with zero attached hydrogens (tertiary/aromatic N) is 1. The zero-order valence-corrected chi connectivity index (χ0v) is 20.4. The lowest BCUT2D eigenvalue weighted by Crippen LogP contribution is -2.43. The predicted molar refractivity (Wildman–Crippen MR) is 135 cm³/mol. The molecule has 1 atom stereocenters. The third-order valence-electron chi connectivity index (χ3n) is 5.90. The highest BCUT2D eigenvalue weighted by Gasteiger charge is 2.29. The van der Waals surface area contributed by atoms with Crippen LogP contribution >= 0.6 is 23.1 Å². The molecule has 3 aromatic carbocycles. The number of fused-ring (bicyclic) bond motifs is 4. The van der Waals surface area contributed by atoms with Gasteiger partial charge in [-0.15, -0.1) is 11.3 Å². The first kappa shape index (κ1) is 24.2. The number of carboxylic acid groups (broad SMARTS) is 1. The van der Waals surface area contributed by atoms with E-state index in [1.807, 2.05) is 48.5 Å². The van der Waals surface area contributed by atoms with Gasteiger partial charge < -0.3 is 15.2 Å². The molecule has 0 unspecified atom stereocenters. The SMILES string of the molecule is O=C(N[C@@H](CSCc1nc2c(F)cc(F)cc2s1)C(=O)O)OCC1c2ccccc2-c2ccccc21. The number of rotatable bonds is 8. The molecule has 5 rings (SSSR count). The Morgan fingerprint density at radius 3 is 2.42 bits per heavy atom. The number of carbonyl (C=O) groups is 2. The van der Waals surface area contributed by atoms with Crippen LogP contribution in [0.4, 0.5) is 13.6 Å². The molecule has 1 amide bonds. The minimum atomic E-state index is -1.20. The number of ether oxygens (including phenoxy) is 1. The van der Waals surface area contributed by atoms with Crippen molar-refractivity contribution in [3.8, 4) is 11.1 Å². The van der Waals surface area contributed by atoms with Gasteiger partial charge in [-0.05, 0) is 28.3 Å². The van der Waals surface area contributed by atoms with Crippen molar-refractivity contribution in [3.05, 3.63) is 88.4 Å². The molecule has 0 spiro atoms. The maximum absolute atomic E-state index is 13.9. The molecule has 1 aliphatic carbocycles. The quantitative estimate of drug-likeness (QED) is 0.302. The molecule has 1 heterocycles. The molecule has 184 valence electrons. The van der Waals surface area contributed by atoms with E-state index >= 15 is 0 Å². The van der Waals surface area contributed by atoms with Crippen molar-refractivity contribution in [2.75, 3.05) is 12.4 Å². The van der Waals surface area contributed by atoms with Crippen LogP contribution < -0.4 is 5.32 Å². The summed E-state index contributed by atoms with van der Waals surface area (Å²) in [5.74, 6) is -2.42. The molecule has 1 aliphatic rings. The van der Waals surface area contributed by atoms with Gasteiger partial charge in [-0.25, -0.2) is 23.4 Å². The lowest BCUT2D eigenvalue weighted by molar-refractivity contribution is -0.138. The lowest BCUT2D eigenvalue weighted by Gasteiger charge is -2.17. The van der Waals surface area contributed by atoms with Crippen LogP contribution in [0.15, 0.2) is 60.7 Å². The number of thioether (sulfide) groups is 1. The van der Waals surface area contributed by atoms with Gasteiger partial charge in [-0.1, -0.05) is 48.5 Å². The number of nitrogens with one attached hydrogen (secondary N) is 1. The van der Waals surface area contributed by atoms with E-state index in [9.17, 15) is 23.5 Å². The number of alkyl carbamates (subject to hydrolysis) is 1. The van der Waals surface area contributed by atoms with Crippen molar-refractivity contribution in [1.29, 1.82) is 0 Å². The van der Waals surface area contributed by atoms with Crippen LogP contribution in [-0.4, -0.2) is 40.6 Å². The molecule has 36 heavy (non-hydrogen) atoms. The molecular weight excluding hydrogens is 506 g/mol. The van der Waals surface area contributed by atoms with Crippen LogP contribution in [0.5, 0.6) is 0 Å². The van der Waals surface area contributed by atoms with E-state index in [0.29, 0.717) is 9.71 Å². The standard InChI is InChI=1S/C26H20F2N2O4S2/c27-14-9-20(28)24-22(10-14)36-23(30-24)13-35-12-21(25(31)32)29-26(33)34-11-19-17-7-3-1-5-15(17)16-6-2-4-8-18(16)19/h1-10,19,21H,11-13H2,(H,29,33)(H,31,32)/t21-/m0/s1. The van der Waals surface area contributed by atoms with E-state index in [1.54, 1.807) is 0 Å². The Morgan fingerprint density at radius 2 is 1.75 bits per heavy atom. The molecule has 1 aromatic heterocycles. The molecule has 10 heteroatoms. The van der Waals surface area contributed by atoms with Gasteiger partial charge in [-0.3, -0.25) is 0 Å². The van der Waals surface area contributed by atoms with Crippen molar-refractivity contribution in [2.24, 2.45) is 0 Å². The Bertz CT molecular complexity index is 1410. The largest absolute Gasteiger partial charge is 0.480 e. The molecular formula is C26H20F2N2O4S2. The van der Waals surface area contributed by atoms with Crippen molar-refractivity contribution in [1.82, 2.24) is 10.3 Å². The van der Waals surface area contributed by atoms with E-state index in [2.05, 4.69) is 10.3 Å². The fraction of sp³-hybridized carbons (Fsp3) is 0.192. The maximum Gasteiger partial charge on any atom is 0.407 e. The summed E-state index contributed by atoms with van der Waals surface area (Å²) in [6.07, 6.45) is -0.817. The summed E-state index contributed by atoms with van der Waals surface area (Å²) in [4.78, 5) is 28.3. The zero-order valence-electron chi connectivity index (χ0n) is 18.7. The average Bonchev–Trinajstić information content (AvgIpc) is 3.41. The van der Waals surface area contributed by atoms with Crippen molar-refractivity contribution < 1.29 is 28.2 Å². The number of aliphatic carboxylic acids is 1. The summed E-state index contributed by atoms with van der Waals surface area (Å²) in [6.45, 7) is 0.0766. The first-order chi connectivity index (χ1) is 17.4. The number of amides is 1. The molecule has 0 bridgehead atoms. The highest BCUT2D eigenvalue weighted by Crippen LogP contribution is 2.44. The second-order valence-electron chi connectivity index (χ2n) is 8.22. The molecule has 4 aromatic rings. The Hall–Kier alpha value is -3.50. The molecule has 0 saturated heterocycles. The van der Waals surface area contributed by atoms with Crippen molar-refractivity contribution in [3.63, 3.8) is 0 Å². The fourth-order valence-electron chi connectivity index (χ4n) is 4.29. The van der Waals surface area contributed by atoms with Gasteiger partial charge in [0, 0.05) is 23.5 Å². The Labute approximate surface area is 213 Å². The zero-order chi connectivity index (χ0) is 25.2. The Morgan fingerprint density at radius 1 is 1.08 bits per heavy atom. The number of hydrogen-bond acceptors (Lipinski definition) is 6. The second-order valence-corrected chi connectivity index (χ2v) is 10.4. The van der Waals surface area contributed by atoms with E-state index in [0.717, 1.165) is 39.7 Å². The highest BCUT2D eigenvalue weighted by atomic mass is 32.2. The number of hydrogen-bond donors (Lipinski definition) is 2. The molecule has 2 N–H and O–H groups in total. The van der Waals surface area contributed by atoms with Gasteiger partial charge >= 0.3 is 12.1 Å². The third kappa shape index (κ3) is 4.91. The van der Waals surface area contributed by atoms with Gasteiger partial charge in [0.25, 0.3) is 0 Å². The van der Waals surface area contributed by atoms with Crippen LogP contribution in [0, 0.1) is 11.6 Å². The van der Waals surface area contributed by atoms with Gasteiger partial charge in [0.05, 0.1) is 4.70 Å². The van der Waals surface area contributed by atoms with E-state index < -0.39 is 29.7 Å². The molecule has 0 aliphatic heterocycles. The molecule has 6 nitrogen and oxygen atoms in total. The minimum Gasteiger partial charge on any atom is -0.480 e. The second kappa shape index (κ2) is 10.2. The first-order valence-corrected chi connectivity index (χ1v) is 13.0. The van der Waals surface area contributed by atoms with E-state index in [-0.39, 0.29) is 29.5 Å². The van der Waals surface area contributed by atoms with Crippen LogP contribution in [0.1, 0.15) is 22.1 Å². The lowest BCUT2D eigenvalue weighted by atomic mass is 9.98. The average molecular weight is 527 g/mol. The molecule has 0 saturated carbocycles. The number of aromatic nitrogens is 1. The normalized spacial score (nSPS) is 13.3. The highest BCUT2D eigenvalue weighted by molar-refractivity contribution is 7.98. The van der Waals surface area contributed by atoms with Gasteiger partial charge in [0.1, 0.15) is 29.0 Å². The van der Waals surface area contributed by atoms with Crippen molar-refractivity contribution >= 4 is 45.4 Å². The summed E-state index contributed by atoms with van der Waals surface area (Å²) in [5.41, 5.74) is 4.40. The number of thiazole rings is 1. The molecule has 0 fully saturated rings. The summed E-state index contributed by atoms with van der Waals surface area (Å²) >= 11 is 2.35. The van der Waals surface area contributed by atoms with E-state index in [4.69, 9.17) is 4.74 Å². The number of carboxylic acids is 1. The number of carbonyl (C=O) groups excluding carboxylic acids is 1. The first-order valence-electron chi connectivity index (χ1n) is 11.1. The van der Waals surface area contributed by atoms with Crippen LogP contribution in [-0.2, 0) is 15.3 Å². The monoisotopic (exact) mass is 526 g/mol. The smallest absolute Gasteiger partial charge is 0.407 e. The summed E-state index contributed by atoms with van der Waals surface area (Å²) < 4.78 is 33.1. The van der Waals surface area contributed by atoms with Crippen LogP contribution in [0.2, 0.25) is 0 Å². The van der Waals surface area contributed by atoms with Crippen LogP contribution in [0.3, 0.4) is 0 Å². The fourth-order valence-corrected chi connectivity index (χ4v) is 6.39. The Balaban J connectivity index is 1.17. The summed E-state index contributed by atoms with van der Waals surface area (Å²) in [7, 11) is 0. The van der Waals surface area contributed by atoms with Crippen molar-refractivity contribution in [2.45, 2.75) is 17.7 Å². The predicted octanol–water partition coefficient (Wildman–Crippen LogP) is 5.80. The molecule has 0 radical (unpaired) electrons.